The van der Waals surface area contributed by atoms with E-state index in [4.69, 9.17) is 18.9 Å². The van der Waals surface area contributed by atoms with E-state index in [1.165, 1.54) is 15.2 Å². The molecule has 286 valence electrons. The van der Waals surface area contributed by atoms with Gasteiger partial charge in [0.15, 0.2) is 17.4 Å². The highest BCUT2D eigenvalue weighted by Crippen LogP contribution is 2.50. The molecule has 3 N–H and O–H groups in total. The Morgan fingerprint density at radius 2 is 1.63 bits per heavy atom. The zero-order chi connectivity index (χ0) is 38.3. The van der Waals surface area contributed by atoms with Crippen LogP contribution < -0.4 is 20.3 Å². The number of aliphatic hydroxyl groups is 1. The fourth-order valence-electron chi connectivity index (χ4n) is 7.40. The molecule has 2 saturated heterocycles. The molecule has 4 atom stereocenters. The van der Waals surface area contributed by atoms with Crippen LogP contribution in [0.5, 0.6) is 11.5 Å². The summed E-state index contributed by atoms with van der Waals surface area (Å²) < 4.78 is 54.3. The van der Waals surface area contributed by atoms with Crippen molar-refractivity contribution in [2.45, 2.75) is 36.5 Å². The first-order valence-corrected chi connectivity index (χ1v) is 19.5. The van der Waals surface area contributed by atoms with Crippen molar-refractivity contribution in [2.75, 3.05) is 65.6 Å². The Labute approximate surface area is 313 Å². The lowest BCUT2D eigenvalue weighted by Gasteiger charge is -2.41. The number of sulfonamides is 1. The van der Waals surface area contributed by atoms with Gasteiger partial charge >= 0.3 is 0 Å². The number of hydrogen-bond acceptors (Lipinski definition) is 12. The summed E-state index contributed by atoms with van der Waals surface area (Å²) in [7, 11) is 1.30. The fraction of sp³-hybridized carbons (Fsp3) is 0.395. The van der Waals surface area contributed by atoms with E-state index in [0.717, 1.165) is 29.5 Å². The average molecular weight is 760 g/mol. The van der Waals surface area contributed by atoms with Crippen LogP contribution in [0.1, 0.15) is 29.8 Å². The smallest absolute Gasteiger partial charge is 0.280 e. The van der Waals surface area contributed by atoms with E-state index >= 15 is 0 Å². The molecule has 3 aromatic carbocycles. The van der Waals surface area contributed by atoms with Crippen molar-refractivity contribution in [3.63, 3.8) is 0 Å². The molecule has 0 saturated carbocycles. The molecule has 0 aliphatic carbocycles. The molecule has 0 unspecified atom stereocenters. The number of rotatable bonds is 15. The summed E-state index contributed by atoms with van der Waals surface area (Å²) in [6, 6.07) is 23.6. The van der Waals surface area contributed by atoms with Crippen LogP contribution in [0.2, 0.25) is 0 Å². The lowest BCUT2D eigenvalue weighted by molar-refractivity contribution is -0.169. The maximum atomic E-state index is 13.4. The maximum Gasteiger partial charge on any atom is 0.280 e. The van der Waals surface area contributed by atoms with Gasteiger partial charge in [0, 0.05) is 19.6 Å². The van der Waals surface area contributed by atoms with Crippen LogP contribution in [-0.4, -0.2) is 120 Å². The van der Waals surface area contributed by atoms with E-state index in [1.807, 2.05) is 92.8 Å². The summed E-state index contributed by atoms with van der Waals surface area (Å²) in [4.78, 5) is 26.9. The summed E-state index contributed by atoms with van der Waals surface area (Å²) in [6.07, 6.45) is 0.0503. The van der Waals surface area contributed by atoms with Gasteiger partial charge in [0.1, 0.15) is 28.8 Å². The van der Waals surface area contributed by atoms with Crippen LogP contribution >= 0.6 is 0 Å². The number of benzene rings is 3. The van der Waals surface area contributed by atoms with Crippen LogP contribution in [-0.2, 0) is 25.1 Å². The molecular weight excluding hydrogens is 715 g/mol. The number of aromatic amines is 1. The molecule has 15 nitrogen and oxygen atoms in total. The zero-order valence-electron chi connectivity index (χ0n) is 30.8. The van der Waals surface area contributed by atoms with Crippen molar-refractivity contribution in [1.82, 2.24) is 28.7 Å². The van der Waals surface area contributed by atoms with Gasteiger partial charge in [0.25, 0.3) is 5.56 Å². The first-order chi connectivity index (χ1) is 25.9. The lowest BCUT2D eigenvalue weighted by atomic mass is 9.79. The van der Waals surface area contributed by atoms with Gasteiger partial charge in [-0.2, -0.15) is 9.29 Å². The monoisotopic (exact) mass is 759 g/mol. The Morgan fingerprint density at radius 1 is 1.02 bits per heavy atom. The Kier molecular flexibility index (Phi) is 10.2. The third kappa shape index (κ3) is 6.62. The molecule has 2 aromatic heterocycles. The quantitative estimate of drug-likeness (QED) is 0.134. The van der Waals surface area contributed by atoms with Gasteiger partial charge in [0.2, 0.25) is 16.0 Å². The number of aliphatic hydroxyl groups excluding tert-OH is 1. The van der Waals surface area contributed by atoms with E-state index in [9.17, 15) is 18.3 Å². The molecule has 0 radical (unpaired) electrons. The molecule has 0 spiro atoms. The summed E-state index contributed by atoms with van der Waals surface area (Å²) in [5, 5.41) is 15.3. The summed E-state index contributed by atoms with van der Waals surface area (Å²) >= 11 is 0. The van der Waals surface area contributed by atoms with Crippen LogP contribution in [0.15, 0.2) is 90.0 Å². The maximum absolute atomic E-state index is 13.4. The Bertz CT molecular complexity index is 2200. The number of hydrogen-bond donors (Lipinski definition) is 3. The van der Waals surface area contributed by atoms with Gasteiger partial charge in [-0.05, 0) is 54.5 Å². The number of nitrogens with one attached hydrogen (secondary N) is 2. The Morgan fingerprint density at radius 3 is 2.20 bits per heavy atom. The normalized spacial score (nSPS) is 21.6. The van der Waals surface area contributed by atoms with Crippen molar-refractivity contribution >= 4 is 27.1 Å². The fourth-order valence-corrected chi connectivity index (χ4v) is 8.51. The van der Waals surface area contributed by atoms with Gasteiger partial charge < -0.3 is 34.3 Å². The number of methoxy groups -OCH3 is 2. The average Bonchev–Trinajstić information content (AvgIpc) is 3.83. The van der Waals surface area contributed by atoms with Crippen molar-refractivity contribution in [2.24, 2.45) is 0 Å². The molecular formula is C38H45N7O8S. The number of aromatic nitrogens is 4. The molecule has 7 rings (SSSR count). The Balaban J connectivity index is 1.31. The zero-order valence-corrected chi connectivity index (χ0v) is 31.6. The topological polar surface area (TPSA) is 173 Å². The van der Waals surface area contributed by atoms with Crippen molar-refractivity contribution in [3.8, 4) is 11.5 Å². The van der Waals surface area contributed by atoms with E-state index in [0.29, 0.717) is 24.6 Å². The van der Waals surface area contributed by atoms with Gasteiger partial charge in [-0.3, -0.25) is 14.3 Å². The minimum absolute atomic E-state index is 0.0467. The van der Waals surface area contributed by atoms with Gasteiger partial charge in [-0.25, -0.2) is 13.4 Å². The largest absolute Gasteiger partial charge is 0.497 e. The van der Waals surface area contributed by atoms with Gasteiger partial charge in [0.05, 0.1) is 39.5 Å². The highest BCUT2D eigenvalue weighted by Gasteiger charge is 2.67. The predicted octanol–water partition coefficient (Wildman–Crippen LogP) is 2.78. The molecule has 2 aliphatic rings. The third-order valence-corrected chi connectivity index (χ3v) is 11.7. The number of ether oxygens (including phenoxy) is 4. The molecule has 2 bridgehead atoms. The standard InChI is InChI=1S/C38H45N7O8S/c1-6-43(2)21-20-39-36-41-33-30(34(47)42-36)40-24-44(33)35-31-32(46)37(53-35,22-45(31)54(5,48)49)23-52-38(25-10-8-7-9-11-25,26-12-16-28(50-3)17-13-26)27-14-18-29(51-4)19-15-27/h7-19,24,31-32,35,46H,6,20-23H2,1-5H3,(H2,39,41,42,47)/t31-,32+,35-,37-/m1/s1. The van der Waals surface area contributed by atoms with Gasteiger partial charge in [-0.15, -0.1) is 0 Å². The highest BCUT2D eigenvalue weighted by molar-refractivity contribution is 7.88. The number of imidazole rings is 1. The number of fused-ring (bicyclic) bond motifs is 3. The first kappa shape index (κ1) is 37.5. The summed E-state index contributed by atoms with van der Waals surface area (Å²) in [6.45, 7) is 3.71. The van der Waals surface area contributed by atoms with E-state index in [1.54, 1.807) is 14.2 Å². The van der Waals surface area contributed by atoms with Crippen LogP contribution in [0.25, 0.3) is 11.2 Å². The van der Waals surface area contributed by atoms with Crippen LogP contribution in [0.3, 0.4) is 0 Å². The Hall–Kier alpha value is -4.84. The number of likely N-dealkylation sites (N-methyl/N-ethyl adjacent to an activating group) is 1. The summed E-state index contributed by atoms with van der Waals surface area (Å²) in [5.74, 6) is 1.54. The molecule has 2 fully saturated rings. The SMILES string of the molecule is CCN(C)CCNc1nc2c(ncn2[C@@H]2O[C@@]3(COC(c4ccccc4)(c4ccc(OC)cc4)c4ccc(OC)cc4)CN(S(C)(=O)=O)[C@@H]2[C@@H]3O)c(=O)[nH]1. The number of anilines is 1. The first-order valence-electron chi connectivity index (χ1n) is 17.6. The summed E-state index contributed by atoms with van der Waals surface area (Å²) in [5.41, 5.74) is -0.774. The van der Waals surface area contributed by atoms with E-state index in [-0.39, 0.29) is 30.3 Å². The number of nitrogens with zero attached hydrogens (tertiary/aromatic N) is 5. The molecule has 0 amide bonds. The van der Waals surface area contributed by atoms with E-state index in [2.05, 4.69) is 25.2 Å². The predicted molar refractivity (Wildman–Crippen MR) is 202 cm³/mol. The minimum Gasteiger partial charge on any atom is -0.497 e. The third-order valence-electron chi connectivity index (χ3n) is 10.4. The van der Waals surface area contributed by atoms with Crippen molar-refractivity contribution in [1.29, 1.82) is 0 Å². The molecule has 5 aromatic rings. The number of morpholine rings is 1. The van der Waals surface area contributed by atoms with Crippen LogP contribution in [0, 0.1) is 0 Å². The number of H-pyrrole nitrogens is 1. The van der Waals surface area contributed by atoms with Crippen molar-refractivity contribution < 1.29 is 32.5 Å². The van der Waals surface area contributed by atoms with Crippen LogP contribution in [0.4, 0.5) is 5.95 Å². The second kappa shape index (κ2) is 14.8. The second-order valence-corrected chi connectivity index (χ2v) is 15.6. The van der Waals surface area contributed by atoms with Crippen molar-refractivity contribution in [3.05, 3.63) is 112 Å². The second-order valence-electron chi connectivity index (χ2n) is 13.7. The van der Waals surface area contributed by atoms with E-state index < -0.39 is 45.2 Å². The van der Waals surface area contributed by atoms with Gasteiger partial charge in [-0.1, -0.05) is 61.5 Å². The molecule has 2 aliphatic heterocycles. The highest BCUT2D eigenvalue weighted by atomic mass is 32.2. The lowest BCUT2D eigenvalue weighted by Crippen LogP contribution is -2.51. The minimum atomic E-state index is -3.88. The molecule has 16 heteroatoms. The molecule has 54 heavy (non-hydrogen) atoms. The molecule has 4 heterocycles.